The van der Waals surface area contributed by atoms with Gasteiger partial charge >= 0.3 is 6.09 Å². The quantitative estimate of drug-likeness (QED) is 0.235. The Morgan fingerprint density at radius 2 is 1.66 bits per heavy atom. The van der Waals surface area contributed by atoms with Gasteiger partial charge in [-0.1, -0.05) is 63.9 Å². The number of carbonyl (C=O) groups is 3. The Kier molecular flexibility index (Phi) is 15.5. The summed E-state index contributed by atoms with van der Waals surface area (Å²) in [5.41, 5.74) is 0.0676. The van der Waals surface area contributed by atoms with Crippen molar-refractivity contribution in [3.63, 3.8) is 0 Å². The van der Waals surface area contributed by atoms with Crippen LogP contribution >= 0.6 is 11.8 Å². The van der Waals surface area contributed by atoms with Crippen molar-refractivity contribution in [2.45, 2.75) is 111 Å². The zero-order valence-corrected chi connectivity index (χ0v) is 25.7. The van der Waals surface area contributed by atoms with Crippen LogP contribution in [-0.2, 0) is 14.3 Å². The van der Waals surface area contributed by atoms with Crippen molar-refractivity contribution in [2.24, 2.45) is 5.92 Å². The Balaban J connectivity index is 3.46. The second-order valence-electron chi connectivity index (χ2n) is 11.4. The molecular formula is C30H51N3O4S. The van der Waals surface area contributed by atoms with Gasteiger partial charge in [-0.05, 0) is 76.9 Å². The third-order valence-electron chi connectivity index (χ3n) is 6.21. The molecule has 1 aromatic rings. The van der Waals surface area contributed by atoms with E-state index < -0.39 is 23.8 Å². The van der Waals surface area contributed by atoms with E-state index in [1.54, 1.807) is 37.4 Å². The lowest BCUT2D eigenvalue weighted by Gasteiger charge is -2.39. The first-order valence-electron chi connectivity index (χ1n) is 14.0. The molecule has 0 spiro atoms. The molecule has 0 saturated carbocycles. The molecule has 1 aromatic carbocycles. The topological polar surface area (TPSA) is 87.7 Å². The molecule has 3 atom stereocenters. The molecule has 8 heteroatoms. The number of hydrogen-bond acceptors (Lipinski definition) is 5. The van der Waals surface area contributed by atoms with E-state index in [4.69, 9.17) is 4.74 Å². The van der Waals surface area contributed by atoms with E-state index >= 15 is 0 Å². The van der Waals surface area contributed by atoms with E-state index in [1.165, 1.54) is 0 Å². The number of carbonyl (C=O) groups excluding carboxylic acids is 3. The molecule has 0 aliphatic rings. The number of nitrogens with one attached hydrogen (secondary N) is 2. The number of amides is 3. The number of nitrogens with zero attached hydrogens (tertiary/aromatic N) is 1. The van der Waals surface area contributed by atoms with Gasteiger partial charge in [0.05, 0.1) is 0 Å². The van der Waals surface area contributed by atoms with E-state index in [0.717, 1.165) is 37.7 Å². The van der Waals surface area contributed by atoms with Gasteiger partial charge in [0.25, 0.3) is 0 Å². The Bertz CT molecular complexity index is 842. The SMILES string of the molecule is CCCCCNC(=O)C(c1ccccc1)N(C(=O)C(CCSC)NC(=O)OC(C)(C)C)C(C)CCC(C)C. The van der Waals surface area contributed by atoms with Crippen LogP contribution in [0, 0.1) is 5.92 Å². The largest absolute Gasteiger partial charge is 0.444 e. The zero-order chi connectivity index (χ0) is 28.7. The predicted molar refractivity (Wildman–Crippen MR) is 158 cm³/mol. The Hall–Kier alpha value is -2.22. The molecule has 2 N–H and O–H groups in total. The fraction of sp³-hybridized carbons (Fsp3) is 0.700. The highest BCUT2D eigenvalue weighted by molar-refractivity contribution is 7.98. The van der Waals surface area contributed by atoms with Gasteiger partial charge in [0.15, 0.2) is 0 Å². The first-order chi connectivity index (χ1) is 17.9. The molecule has 7 nitrogen and oxygen atoms in total. The number of ether oxygens (including phenoxy) is 1. The van der Waals surface area contributed by atoms with Crippen molar-refractivity contribution in [3.05, 3.63) is 35.9 Å². The monoisotopic (exact) mass is 549 g/mol. The average Bonchev–Trinajstić information content (AvgIpc) is 2.85. The Morgan fingerprint density at radius 1 is 1.00 bits per heavy atom. The van der Waals surface area contributed by atoms with Crippen molar-refractivity contribution in [2.75, 3.05) is 18.6 Å². The lowest BCUT2D eigenvalue weighted by atomic mass is 9.97. The van der Waals surface area contributed by atoms with Gasteiger partial charge in [0.1, 0.15) is 17.7 Å². The molecule has 0 aliphatic carbocycles. The molecule has 0 aliphatic heterocycles. The molecule has 0 aromatic heterocycles. The average molecular weight is 550 g/mol. The second kappa shape index (κ2) is 17.4. The summed E-state index contributed by atoms with van der Waals surface area (Å²) in [7, 11) is 0. The normalized spacial score (nSPS) is 13.9. The third kappa shape index (κ3) is 12.5. The summed E-state index contributed by atoms with van der Waals surface area (Å²) in [5.74, 6) is 0.677. The minimum absolute atomic E-state index is 0.196. The highest BCUT2D eigenvalue weighted by Gasteiger charge is 2.38. The molecule has 0 radical (unpaired) electrons. The van der Waals surface area contributed by atoms with Gasteiger partial charge in [-0.15, -0.1) is 0 Å². The van der Waals surface area contributed by atoms with E-state index in [9.17, 15) is 14.4 Å². The number of alkyl carbamates (subject to hydrolysis) is 1. The van der Waals surface area contributed by atoms with Crippen LogP contribution in [0.1, 0.15) is 98.6 Å². The molecule has 216 valence electrons. The molecule has 38 heavy (non-hydrogen) atoms. The van der Waals surface area contributed by atoms with Crippen molar-refractivity contribution >= 4 is 29.7 Å². The summed E-state index contributed by atoms with van der Waals surface area (Å²) in [4.78, 5) is 42.5. The van der Waals surface area contributed by atoms with E-state index in [2.05, 4.69) is 31.4 Å². The van der Waals surface area contributed by atoms with Crippen LogP contribution in [0.4, 0.5) is 4.79 Å². The van der Waals surface area contributed by atoms with E-state index in [-0.39, 0.29) is 17.9 Å². The summed E-state index contributed by atoms with van der Waals surface area (Å²) in [6, 6.07) is 7.64. The molecule has 3 unspecified atom stereocenters. The molecule has 0 bridgehead atoms. The minimum atomic E-state index is -0.807. The first kappa shape index (κ1) is 33.8. The second-order valence-corrected chi connectivity index (χ2v) is 12.3. The van der Waals surface area contributed by atoms with Crippen molar-refractivity contribution < 1.29 is 19.1 Å². The van der Waals surface area contributed by atoms with Crippen LogP contribution in [0.3, 0.4) is 0 Å². The molecule has 0 heterocycles. The fourth-order valence-corrected chi connectivity index (χ4v) is 4.66. The summed E-state index contributed by atoms with van der Waals surface area (Å²) < 4.78 is 5.48. The number of unbranched alkanes of at least 4 members (excludes halogenated alkanes) is 2. The fourth-order valence-electron chi connectivity index (χ4n) is 4.19. The third-order valence-corrected chi connectivity index (χ3v) is 6.86. The number of hydrogen-bond donors (Lipinski definition) is 2. The molecular weight excluding hydrogens is 498 g/mol. The van der Waals surface area contributed by atoms with Crippen molar-refractivity contribution in [1.29, 1.82) is 0 Å². The van der Waals surface area contributed by atoms with Crippen LogP contribution in [-0.4, -0.2) is 59.0 Å². The predicted octanol–water partition coefficient (Wildman–Crippen LogP) is 6.33. The van der Waals surface area contributed by atoms with Gasteiger partial charge < -0.3 is 20.3 Å². The van der Waals surface area contributed by atoms with E-state index in [0.29, 0.717) is 24.6 Å². The standard InChI is InChI=1S/C30H51N3O4S/c1-9-10-14-20-31-27(34)26(24-15-12-11-13-16-24)33(23(4)18-17-22(2)3)28(35)25(19-21-38-8)32-29(36)37-30(5,6)7/h11-13,15-16,22-23,25-26H,9-10,14,17-21H2,1-8H3,(H,31,34)(H,32,36). The summed E-state index contributed by atoms with van der Waals surface area (Å²) >= 11 is 1.61. The van der Waals surface area contributed by atoms with Gasteiger partial charge in [0.2, 0.25) is 11.8 Å². The Labute approximate surface area is 235 Å². The van der Waals surface area contributed by atoms with Crippen LogP contribution in [0.5, 0.6) is 0 Å². The van der Waals surface area contributed by atoms with Gasteiger partial charge in [-0.25, -0.2) is 4.79 Å². The van der Waals surface area contributed by atoms with Crippen LogP contribution in [0.25, 0.3) is 0 Å². The lowest BCUT2D eigenvalue weighted by Crippen LogP contribution is -2.55. The zero-order valence-electron chi connectivity index (χ0n) is 24.8. The number of benzene rings is 1. The van der Waals surface area contributed by atoms with Gasteiger partial charge in [0, 0.05) is 12.6 Å². The highest BCUT2D eigenvalue weighted by Crippen LogP contribution is 2.28. The molecule has 1 rings (SSSR count). The van der Waals surface area contributed by atoms with Crippen LogP contribution < -0.4 is 10.6 Å². The number of thioether (sulfide) groups is 1. The smallest absolute Gasteiger partial charge is 0.408 e. The van der Waals surface area contributed by atoms with Gasteiger partial charge in [-0.2, -0.15) is 11.8 Å². The summed E-state index contributed by atoms with van der Waals surface area (Å²) in [6.45, 7) is 14.4. The Morgan fingerprint density at radius 3 is 2.21 bits per heavy atom. The maximum absolute atomic E-state index is 14.3. The van der Waals surface area contributed by atoms with Gasteiger partial charge in [-0.3, -0.25) is 9.59 Å². The maximum Gasteiger partial charge on any atom is 0.408 e. The molecule has 0 fully saturated rings. The number of rotatable bonds is 16. The minimum Gasteiger partial charge on any atom is -0.444 e. The molecule has 3 amide bonds. The van der Waals surface area contributed by atoms with Crippen LogP contribution in [0.15, 0.2) is 30.3 Å². The van der Waals surface area contributed by atoms with Crippen LogP contribution in [0.2, 0.25) is 0 Å². The maximum atomic E-state index is 14.3. The highest BCUT2D eigenvalue weighted by atomic mass is 32.2. The summed E-state index contributed by atoms with van der Waals surface area (Å²) in [6.07, 6.45) is 6.41. The first-order valence-corrected chi connectivity index (χ1v) is 15.4. The van der Waals surface area contributed by atoms with Crippen molar-refractivity contribution in [1.82, 2.24) is 15.5 Å². The lowest BCUT2D eigenvalue weighted by molar-refractivity contribution is -0.145. The van der Waals surface area contributed by atoms with E-state index in [1.807, 2.05) is 43.5 Å². The van der Waals surface area contributed by atoms with Crippen molar-refractivity contribution in [3.8, 4) is 0 Å². The molecule has 0 saturated heterocycles. The summed E-state index contributed by atoms with van der Waals surface area (Å²) in [5, 5.41) is 5.89.